The average molecular weight is 138 g/mol. The molecule has 0 heterocycles. The summed E-state index contributed by atoms with van der Waals surface area (Å²) in [5.74, 6) is 0. The average Bonchev–Trinajstić information content (AvgIpc) is 1.86. The smallest absolute Gasteiger partial charge is 0.338 e. The standard InChI is InChI=1S/C7H10N2O/c1-3-5-6(4-2)9-7(8)10/h3-5H,2H2,1H3,(H2,8,10)/b5-3-,9-6?. The van der Waals surface area contributed by atoms with Gasteiger partial charge in [-0.3, -0.25) is 0 Å². The molecule has 0 aliphatic heterocycles. The summed E-state index contributed by atoms with van der Waals surface area (Å²) in [5, 5.41) is 0. The maximum Gasteiger partial charge on any atom is 0.338 e. The Bertz CT molecular complexity index is 192. The molecule has 0 bridgehead atoms. The van der Waals surface area contributed by atoms with Gasteiger partial charge < -0.3 is 5.73 Å². The van der Waals surface area contributed by atoms with E-state index in [1.165, 1.54) is 6.08 Å². The van der Waals surface area contributed by atoms with Gasteiger partial charge >= 0.3 is 6.03 Å². The molecule has 54 valence electrons. The van der Waals surface area contributed by atoms with Crippen LogP contribution in [0.15, 0.2) is 29.8 Å². The number of hydrogen-bond acceptors (Lipinski definition) is 1. The van der Waals surface area contributed by atoms with E-state index in [1.807, 2.05) is 6.92 Å². The summed E-state index contributed by atoms with van der Waals surface area (Å²) in [6, 6.07) is -0.701. The van der Waals surface area contributed by atoms with Crippen LogP contribution in [0.25, 0.3) is 0 Å². The minimum absolute atomic E-state index is 0.481. The summed E-state index contributed by atoms with van der Waals surface area (Å²) in [6.07, 6.45) is 4.87. The summed E-state index contributed by atoms with van der Waals surface area (Å²) in [6.45, 7) is 5.26. The molecule has 0 aromatic heterocycles. The number of primary amides is 1. The van der Waals surface area contributed by atoms with Crippen molar-refractivity contribution >= 4 is 11.7 Å². The van der Waals surface area contributed by atoms with Crippen LogP contribution in [-0.2, 0) is 0 Å². The van der Waals surface area contributed by atoms with Crippen molar-refractivity contribution in [1.82, 2.24) is 0 Å². The Kier molecular flexibility index (Phi) is 3.87. The van der Waals surface area contributed by atoms with Crippen molar-refractivity contribution in [3.63, 3.8) is 0 Å². The lowest BCUT2D eigenvalue weighted by atomic mass is 10.3. The third kappa shape index (κ3) is 3.60. The Morgan fingerprint density at radius 2 is 2.30 bits per heavy atom. The van der Waals surface area contributed by atoms with Gasteiger partial charge in [-0.05, 0) is 19.1 Å². The molecule has 0 radical (unpaired) electrons. The van der Waals surface area contributed by atoms with Crippen LogP contribution in [0.5, 0.6) is 0 Å². The number of carbonyl (C=O) groups excluding carboxylic acids is 1. The van der Waals surface area contributed by atoms with Crippen molar-refractivity contribution < 1.29 is 4.79 Å². The Labute approximate surface area is 59.9 Å². The van der Waals surface area contributed by atoms with E-state index in [4.69, 9.17) is 5.73 Å². The lowest BCUT2D eigenvalue weighted by molar-refractivity contribution is 0.257. The molecule has 0 aromatic carbocycles. The molecular weight excluding hydrogens is 128 g/mol. The Hall–Kier alpha value is -1.38. The second-order valence-electron chi connectivity index (χ2n) is 1.58. The minimum atomic E-state index is -0.701. The number of hydrogen-bond donors (Lipinski definition) is 1. The normalized spacial score (nSPS) is 11.9. The van der Waals surface area contributed by atoms with Crippen LogP contribution in [0.1, 0.15) is 6.92 Å². The van der Waals surface area contributed by atoms with Gasteiger partial charge in [0.1, 0.15) is 0 Å². The molecule has 0 atom stereocenters. The van der Waals surface area contributed by atoms with Gasteiger partial charge in [0.2, 0.25) is 0 Å². The van der Waals surface area contributed by atoms with Crippen LogP contribution in [0.2, 0.25) is 0 Å². The number of carbonyl (C=O) groups is 1. The van der Waals surface area contributed by atoms with E-state index in [-0.39, 0.29) is 0 Å². The van der Waals surface area contributed by atoms with Crippen molar-refractivity contribution in [2.24, 2.45) is 10.7 Å². The number of aliphatic imine (C=N–C) groups is 1. The topological polar surface area (TPSA) is 55.4 Å². The van der Waals surface area contributed by atoms with Gasteiger partial charge in [-0.25, -0.2) is 4.79 Å². The zero-order valence-corrected chi connectivity index (χ0v) is 5.87. The first kappa shape index (κ1) is 8.62. The van der Waals surface area contributed by atoms with Gasteiger partial charge in [-0.15, -0.1) is 0 Å². The highest BCUT2D eigenvalue weighted by molar-refractivity contribution is 6.08. The molecule has 0 aliphatic rings. The molecule has 0 fully saturated rings. The number of amides is 2. The number of rotatable bonds is 2. The van der Waals surface area contributed by atoms with E-state index in [1.54, 1.807) is 12.2 Å². The zero-order valence-electron chi connectivity index (χ0n) is 5.87. The molecule has 0 spiro atoms. The molecule has 3 heteroatoms. The van der Waals surface area contributed by atoms with E-state index in [0.717, 1.165) is 0 Å². The molecular formula is C7H10N2O. The Morgan fingerprint density at radius 1 is 1.70 bits per heavy atom. The second kappa shape index (κ2) is 4.49. The quantitative estimate of drug-likeness (QED) is 0.574. The summed E-state index contributed by atoms with van der Waals surface area (Å²) in [7, 11) is 0. The predicted octanol–water partition coefficient (Wildman–Crippen LogP) is 1.27. The number of nitrogens with zero attached hydrogens (tertiary/aromatic N) is 1. The van der Waals surface area contributed by atoms with Crippen LogP contribution >= 0.6 is 0 Å². The van der Waals surface area contributed by atoms with Crippen LogP contribution in [0, 0.1) is 0 Å². The number of nitrogens with two attached hydrogens (primary N) is 1. The largest absolute Gasteiger partial charge is 0.350 e. The maximum absolute atomic E-state index is 10.2. The first-order chi connectivity index (χ1) is 4.70. The maximum atomic E-state index is 10.2. The van der Waals surface area contributed by atoms with E-state index < -0.39 is 6.03 Å². The highest BCUT2D eigenvalue weighted by atomic mass is 16.2. The fourth-order valence-electron chi connectivity index (χ4n) is 0.449. The fraction of sp³-hybridized carbons (Fsp3) is 0.143. The first-order valence-electron chi connectivity index (χ1n) is 2.84. The SMILES string of the molecule is C=CC(/C=C\C)=NC(N)=O. The summed E-state index contributed by atoms with van der Waals surface area (Å²) >= 11 is 0. The molecule has 0 unspecified atom stereocenters. The summed E-state index contributed by atoms with van der Waals surface area (Å²) < 4.78 is 0. The first-order valence-corrected chi connectivity index (χ1v) is 2.84. The van der Waals surface area contributed by atoms with E-state index in [2.05, 4.69) is 11.6 Å². The molecule has 3 nitrogen and oxygen atoms in total. The van der Waals surface area contributed by atoms with Gasteiger partial charge in [-0.2, -0.15) is 4.99 Å². The zero-order chi connectivity index (χ0) is 7.98. The molecule has 2 N–H and O–H groups in total. The minimum Gasteiger partial charge on any atom is -0.350 e. The lowest BCUT2D eigenvalue weighted by Gasteiger charge is -1.86. The van der Waals surface area contributed by atoms with E-state index in [0.29, 0.717) is 5.71 Å². The fourth-order valence-corrected chi connectivity index (χ4v) is 0.449. The molecule has 0 rings (SSSR count). The van der Waals surface area contributed by atoms with Gasteiger partial charge in [0, 0.05) is 0 Å². The Morgan fingerprint density at radius 3 is 2.60 bits per heavy atom. The third-order valence-electron chi connectivity index (χ3n) is 0.786. The van der Waals surface area contributed by atoms with Crippen LogP contribution in [-0.4, -0.2) is 11.7 Å². The summed E-state index contributed by atoms with van der Waals surface area (Å²) in [5.41, 5.74) is 5.27. The summed E-state index contributed by atoms with van der Waals surface area (Å²) in [4.78, 5) is 13.6. The second-order valence-corrected chi connectivity index (χ2v) is 1.58. The Balaban J connectivity index is 4.33. The lowest BCUT2D eigenvalue weighted by Crippen LogP contribution is -2.06. The van der Waals surface area contributed by atoms with Crippen molar-refractivity contribution in [3.8, 4) is 0 Å². The van der Waals surface area contributed by atoms with Gasteiger partial charge in [0.25, 0.3) is 0 Å². The van der Waals surface area contributed by atoms with Crippen molar-refractivity contribution in [2.45, 2.75) is 6.92 Å². The van der Waals surface area contributed by atoms with E-state index >= 15 is 0 Å². The van der Waals surface area contributed by atoms with Crippen molar-refractivity contribution in [1.29, 1.82) is 0 Å². The van der Waals surface area contributed by atoms with Gasteiger partial charge in [0.05, 0.1) is 5.71 Å². The predicted molar refractivity (Wildman–Crippen MR) is 42.0 cm³/mol. The molecule has 0 saturated carbocycles. The highest BCUT2D eigenvalue weighted by Crippen LogP contribution is 1.83. The van der Waals surface area contributed by atoms with Gasteiger partial charge in [0.15, 0.2) is 0 Å². The van der Waals surface area contributed by atoms with Crippen LogP contribution in [0.4, 0.5) is 4.79 Å². The molecule has 2 amide bonds. The number of allylic oxidation sites excluding steroid dienone is 3. The number of urea groups is 1. The highest BCUT2D eigenvalue weighted by Gasteiger charge is 1.88. The third-order valence-corrected chi connectivity index (χ3v) is 0.786. The van der Waals surface area contributed by atoms with E-state index in [9.17, 15) is 4.79 Å². The molecule has 10 heavy (non-hydrogen) atoms. The molecule has 0 saturated heterocycles. The van der Waals surface area contributed by atoms with Crippen molar-refractivity contribution in [2.75, 3.05) is 0 Å². The van der Waals surface area contributed by atoms with Crippen LogP contribution < -0.4 is 5.73 Å². The monoisotopic (exact) mass is 138 g/mol. The molecule has 0 aliphatic carbocycles. The molecule has 0 aromatic rings. The van der Waals surface area contributed by atoms with Crippen molar-refractivity contribution in [3.05, 3.63) is 24.8 Å². The van der Waals surface area contributed by atoms with Crippen LogP contribution in [0.3, 0.4) is 0 Å². The van der Waals surface area contributed by atoms with Gasteiger partial charge in [-0.1, -0.05) is 12.7 Å².